The van der Waals surface area contributed by atoms with Crippen molar-refractivity contribution in [1.82, 2.24) is 4.98 Å². The van der Waals surface area contributed by atoms with Gasteiger partial charge in [0.05, 0.1) is 5.56 Å². The van der Waals surface area contributed by atoms with Crippen molar-refractivity contribution in [2.24, 2.45) is 11.7 Å². The number of aryl methyl sites for hydroxylation is 1. The summed E-state index contributed by atoms with van der Waals surface area (Å²) in [6.07, 6.45) is 8.56. The first kappa shape index (κ1) is 13.3. The zero-order valence-electron chi connectivity index (χ0n) is 10.9. The van der Waals surface area contributed by atoms with Crippen molar-refractivity contribution in [3.8, 4) is 0 Å². The van der Waals surface area contributed by atoms with Gasteiger partial charge in [0.15, 0.2) is 0 Å². The fourth-order valence-corrected chi connectivity index (χ4v) is 2.95. The Hall–Kier alpha value is -1.16. The molecular formula is C14H21N3S. The van der Waals surface area contributed by atoms with Crippen LogP contribution in [0.5, 0.6) is 0 Å². The Labute approximate surface area is 114 Å². The molecule has 1 heterocycles. The average Bonchev–Trinajstić information content (AvgIpc) is 2.81. The normalized spacial score (nSPS) is 15.8. The molecule has 0 spiro atoms. The summed E-state index contributed by atoms with van der Waals surface area (Å²) in [5, 5.41) is 3.38. The molecule has 3 N–H and O–H groups in total. The number of hydrogen-bond acceptors (Lipinski definition) is 3. The molecule has 0 aliphatic heterocycles. The smallest absolute Gasteiger partial charge is 0.136 e. The van der Waals surface area contributed by atoms with E-state index < -0.39 is 0 Å². The summed E-state index contributed by atoms with van der Waals surface area (Å²) in [6, 6.07) is 1.94. The Morgan fingerprint density at radius 1 is 1.50 bits per heavy atom. The second kappa shape index (κ2) is 6.14. The molecule has 0 amide bonds. The molecule has 4 heteroatoms. The maximum Gasteiger partial charge on any atom is 0.136 e. The van der Waals surface area contributed by atoms with E-state index in [1.807, 2.05) is 13.0 Å². The molecule has 1 aromatic rings. The average molecular weight is 263 g/mol. The minimum atomic E-state index is 0.420. The van der Waals surface area contributed by atoms with Crippen molar-refractivity contribution in [3.63, 3.8) is 0 Å². The van der Waals surface area contributed by atoms with Gasteiger partial charge >= 0.3 is 0 Å². The van der Waals surface area contributed by atoms with Gasteiger partial charge in [0.25, 0.3) is 0 Å². The van der Waals surface area contributed by atoms with Crippen molar-refractivity contribution in [2.45, 2.75) is 39.0 Å². The van der Waals surface area contributed by atoms with Gasteiger partial charge in [0.1, 0.15) is 10.8 Å². The van der Waals surface area contributed by atoms with E-state index in [4.69, 9.17) is 18.0 Å². The number of thiocarbonyl (C=S) groups is 1. The second-order valence-corrected chi connectivity index (χ2v) is 5.52. The van der Waals surface area contributed by atoms with Crippen LogP contribution in [0.4, 0.5) is 5.82 Å². The van der Waals surface area contributed by atoms with Gasteiger partial charge in [0, 0.05) is 12.7 Å². The molecule has 1 saturated carbocycles. The summed E-state index contributed by atoms with van der Waals surface area (Å²) in [4.78, 5) is 4.77. The van der Waals surface area contributed by atoms with E-state index in [0.717, 1.165) is 29.4 Å². The SMILES string of the molecule is Cc1ccnc(NCCC2CCCC2)c1C(N)=S. The third-order valence-corrected chi connectivity index (χ3v) is 3.93. The molecule has 98 valence electrons. The number of pyridine rings is 1. The summed E-state index contributed by atoms with van der Waals surface area (Å²) in [5.74, 6) is 1.72. The van der Waals surface area contributed by atoms with Crippen molar-refractivity contribution >= 4 is 23.0 Å². The number of hydrogen-bond donors (Lipinski definition) is 2. The highest BCUT2D eigenvalue weighted by atomic mass is 32.1. The molecule has 1 fully saturated rings. The summed E-state index contributed by atoms with van der Waals surface area (Å²) >= 11 is 5.09. The van der Waals surface area contributed by atoms with Crippen LogP contribution in [0.3, 0.4) is 0 Å². The van der Waals surface area contributed by atoms with Crippen molar-refractivity contribution < 1.29 is 0 Å². The minimum Gasteiger partial charge on any atom is -0.389 e. The summed E-state index contributed by atoms with van der Waals surface area (Å²) in [6.45, 7) is 2.97. The van der Waals surface area contributed by atoms with E-state index >= 15 is 0 Å². The Morgan fingerprint density at radius 2 is 2.22 bits per heavy atom. The van der Waals surface area contributed by atoms with Crippen molar-refractivity contribution in [3.05, 3.63) is 23.4 Å². The molecule has 1 aliphatic carbocycles. The molecule has 0 saturated heterocycles. The Bertz CT molecular complexity index is 425. The predicted molar refractivity (Wildman–Crippen MR) is 79.9 cm³/mol. The maximum absolute atomic E-state index is 5.76. The molecule has 0 bridgehead atoms. The highest BCUT2D eigenvalue weighted by molar-refractivity contribution is 7.80. The van der Waals surface area contributed by atoms with Crippen LogP contribution in [0.2, 0.25) is 0 Å². The Kier molecular flexibility index (Phi) is 4.53. The molecule has 1 aromatic heterocycles. The molecule has 0 atom stereocenters. The van der Waals surface area contributed by atoms with Gasteiger partial charge < -0.3 is 11.1 Å². The number of rotatable bonds is 5. The number of nitrogens with zero attached hydrogens (tertiary/aromatic N) is 1. The minimum absolute atomic E-state index is 0.420. The summed E-state index contributed by atoms with van der Waals surface area (Å²) < 4.78 is 0. The molecular weight excluding hydrogens is 242 g/mol. The lowest BCUT2D eigenvalue weighted by molar-refractivity contribution is 0.518. The van der Waals surface area contributed by atoms with Crippen molar-refractivity contribution in [2.75, 3.05) is 11.9 Å². The lowest BCUT2D eigenvalue weighted by Crippen LogP contribution is -2.17. The molecule has 1 aliphatic rings. The van der Waals surface area contributed by atoms with Crippen LogP contribution in [-0.2, 0) is 0 Å². The first-order valence-corrected chi connectivity index (χ1v) is 7.08. The lowest BCUT2D eigenvalue weighted by atomic mass is 10.0. The third kappa shape index (κ3) is 3.19. The van der Waals surface area contributed by atoms with Crippen LogP contribution >= 0.6 is 12.2 Å². The van der Waals surface area contributed by atoms with Gasteiger partial charge in [-0.05, 0) is 30.9 Å². The lowest BCUT2D eigenvalue weighted by Gasteiger charge is -2.14. The second-order valence-electron chi connectivity index (χ2n) is 5.08. The molecule has 0 aromatic carbocycles. The third-order valence-electron chi connectivity index (χ3n) is 3.73. The van der Waals surface area contributed by atoms with E-state index in [0.29, 0.717) is 4.99 Å². The van der Waals surface area contributed by atoms with Gasteiger partial charge in [-0.2, -0.15) is 0 Å². The Morgan fingerprint density at radius 3 is 2.89 bits per heavy atom. The van der Waals surface area contributed by atoms with Crippen LogP contribution in [-0.4, -0.2) is 16.5 Å². The first-order valence-electron chi connectivity index (χ1n) is 6.67. The van der Waals surface area contributed by atoms with Crippen LogP contribution in [0.1, 0.15) is 43.2 Å². The van der Waals surface area contributed by atoms with Crippen LogP contribution < -0.4 is 11.1 Å². The van der Waals surface area contributed by atoms with E-state index in [9.17, 15) is 0 Å². The number of nitrogens with two attached hydrogens (primary N) is 1. The van der Waals surface area contributed by atoms with E-state index in [1.54, 1.807) is 6.20 Å². The number of aromatic nitrogens is 1. The first-order chi connectivity index (χ1) is 8.68. The summed E-state index contributed by atoms with van der Waals surface area (Å²) in [7, 11) is 0. The highest BCUT2D eigenvalue weighted by Gasteiger charge is 2.15. The molecule has 0 radical (unpaired) electrons. The molecule has 2 rings (SSSR count). The summed E-state index contributed by atoms with van der Waals surface area (Å²) in [5.41, 5.74) is 7.73. The zero-order valence-corrected chi connectivity index (χ0v) is 11.7. The van der Waals surface area contributed by atoms with Gasteiger partial charge in [-0.1, -0.05) is 37.9 Å². The Balaban J connectivity index is 1.96. The van der Waals surface area contributed by atoms with Gasteiger partial charge in [-0.3, -0.25) is 0 Å². The molecule has 18 heavy (non-hydrogen) atoms. The number of nitrogens with one attached hydrogen (secondary N) is 1. The molecule has 3 nitrogen and oxygen atoms in total. The highest BCUT2D eigenvalue weighted by Crippen LogP contribution is 2.27. The standard InChI is InChI=1S/C14H21N3S/c1-10-6-8-16-14(12(10)13(15)18)17-9-7-11-4-2-3-5-11/h6,8,11H,2-5,7,9H2,1H3,(H2,15,18)(H,16,17). The fourth-order valence-electron chi connectivity index (χ4n) is 2.70. The number of anilines is 1. The topological polar surface area (TPSA) is 50.9 Å². The predicted octanol–water partition coefficient (Wildman–Crippen LogP) is 3.02. The van der Waals surface area contributed by atoms with Crippen LogP contribution in [0.25, 0.3) is 0 Å². The van der Waals surface area contributed by atoms with Crippen LogP contribution in [0, 0.1) is 12.8 Å². The van der Waals surface area contributed by atoms with Crippen molar-refractivity contribution in [1.29, 1.82) is 0 Å². The fraction of sp³-hybridized carbons (Fsp3) is 0.571. The van der Waals surface area contributed by atoms with Gasteiger partial charge in [-0.15, -0.1) is 0 Å². The van der Waals surface area contributed by atoms with E-state index in [1.165, 1.54) is 32.1 Å². The molecule has 0 unspecified atom stereocenters. The van der Waals surface area contributed by atoms with Gasteiger partial charge in [-0.25, -0.2) is 4.98 Å². The monoisotopic (exact) mass is 263 g/mol. The van der Waals surface area contributed by atoms with E-state index in [-0.39, 0.29) is 0 Å². The zero-order chi connectivity index (χ0) is 13.0. The van der Waals surface area contributed by atoms with E-state index in [2.05, 4.69) is 10.3 Å². The maximum atomic E-state index is 5.76. The largest absolute Gasteiger partial charge is 0.389 e. The van der Waals surface area contributed by atoms with Gasteiger partial charge in [0.2, 0.25) is 0 Å². The quantitative estimate of drug-likeness (QED) is 0.802. The van der Waals surface area contributed by atoms with Crippen LogP contribution in [0.15, 0.2) is 12.3 Å².